The Morgan fingerprint density at radius 2 is 1.67 bits per heavy atom. The molecule has 98 valence electrons. The summed E-state index contributed by atoms with van der Waals surface area (Å²) in [5.74, 6) is 0.126. The Morgan fingerprint density at radius 3 is 2.11 bits per heavy atom. The summed E-state index contributed by atoms with van der Waals surface area (Å²) in [6, 6.07) is 0. The summed E-state index contributed by atoms with van der Waals surface area (Å²) < 4.78 is 10.1. The Kier molecular flexibility index (Phi) is 2.75. The Hall–Kier alpha value is -1.20. The zero-order valence-corrected chi connectivity index (χ0v) is 10.5. The molecular weight excluding hydrogens is 234 g/mol. The lowest BCUT2D eigenvalue weighted by molar-refractivity contribution is -0.153. The van der Waals surface area contributed by atoms with Crippen LogP contribution in [-0.4, -0.2) is 43.8 Å². The summed E-state index contributed by atoms with van der Waals surface area (Å²) >= 11 is 0. The number of methoxy groups -OCH3 is 2. The van der Waals surface area contributed by atoms with Gasteiger partial charge in [0, 0.05) is 14.2 Å². The fourth-order valence-electron chi connectivity index (χ4n) is 3.54. The van der Waals surface area contributed by atoms with E-state index in [4.69, 9.17) is 9.47 Å². The molecule has 2 amide bonds. The predicted molar refractivity (Wildman–Crippen MR) is 62.2 cm³/mol. The van der Waals surface area contributed by atoms with E-state index in [1.165, 1.54) is 19.1 Å². The maximum Gasteiger partial charge on any atom is 0.233 e. The number of hydrogen-bond acceptors (Lipinski definition) is 4. The van der Waals surface area contributed by atoms with Crippen LogP contribution in [0.3, 0.4) is 0 Å². The molecule has 2 fully saturated rings. The molecule has 1 saturated heterocycles. The number of hydrogen-bond donors (Lipinski definition) is 0. The van der Waals surface area contributed by atoms with Crippen LogP contribution in [0.25, 0.3) is 0 Å². The van der Waals surface area contributed by atoms with Crippen molar-refractivity contribution in [3.8, 4) is 0 Å². The number of carbonyl (C=O) groups is 2. The minimum Gasteiger partial charge on any atom is -0.354 e. The SMILES string of the molecule is COC(CN1C(=O)[C@H]2[C@H](C1=O)[C@H]1C=C[C@H]2C1)OC. The molecule has 0 aromatic carbocycles. The number of amides is 2. The minimum absolute atomic E-state index is 0.0547. The number of rotatable bonds is 4. The van der Waals surface area contributed by atoms with E-state index in [-0.39, 0.29) is 42.0 Å². The van der Waals surface area contributed by atoms with Gasteiger partial charge in [-0.2, -0.15) is 0 Å². The molecule has 4 atom stereocenters. The average Bonchev–Trinajstić information content (AvgIpc) is 3.03. The van der Waals surface area contributed by atoms with Crippen LogP contribution in [0, 0.1) is 23.7 Å². The van der Waals surface area contributed by atoms with E-state index >= 15 is 0 Å². The lowest BCUT2D eigenvalue weighted by atomic mass is 9.85. The van der Waals surface area contributed by atoms with Gasteiger partial charge in [0.15, 0.2) is 6.29 Å². The van der Waals surface area contributed by atoms with Gasteiger partial charge < -0.3 is 9.47 Å². The standard InChI is InChI=1S/C13H17NO4/c1-17-9(18-2)6-14-12(15)10-7-3-4-8(5-7)11(10)13(14)16/h3-4,7-11H,5-6H2,1-2H3/t7-,8-,10+,11+/m0/s1. The molecule has 5 heteroatoms. The quantitative estimate of drug-likeness (QED) is 0.412. The second-order valence-electron chi connectivity index (χ2n) is 5.19. The molecule has 5 nitrogen and oxygen atoms in total. The van der Waals surface area contributed by atoms with Crippen LogP contribution < -0.4 is 0 Å². The number of fused-ring (bicyclic) bond motifs is 5. The molecule has 1 saturated carbocycles. The van der Waals surface area contributed by atoms with Crippen molar-refractivity contribution < 1.29 is 19.1 Å². The van der Waals surface area contributed by atoms with Gasteiger partial charge in [0.25, 0.3) is 0 Å². The van der Waals surface area contributed by atoms with Gasteiger partial charge in [-0.3, -0.25) is 14.5 Å². The van der Waals surface area contributed by atoms with Crippen molar-refractivity contribution in [1.82, 2.24) is 4.90 Å². The summed E-state index contributed by atoms with van der Waals surface area (Å²) in [6.07, 6.45) is 4.59. The highest BCUT2D eigenvalue weighted by molar-refractivity contribution is 6.06. The van der Waals surface area contributed by atoms with E-state index in [0.717, 1.165) is 6.42 Å². The third-order valence-corrected chi connectivity index (χ3v) is 4.42. The van der Waals surface area contributed by atoms with Crippen molar-refractivity contribution in [1.29, 1.82) is 0 Å². The fourth-order valence-corrected chi connectivity index (χ4v) is 3.54. The third-order valence-electron chi connectivity index (χ3n) is 4.42. The molecule has 0 spiro atoms. The van der Waals surface area contributed by atoms with Crippen LogP contribution in [0.15, 0.2) is 12.2 Å². The molecule has 2 bridgehead atoms. The number of allylic oxidation sites excluding steroid dienone is 2. The van der Waals surface area contributed by atoms with Crippen LogP contribution in [0.1, 0.15) is 6.42 Å². The molecule has 0 radical (unpaired) electrons. The molecule has 0 aromatic rings. The van der Waals surface area contributed by atoms with Gasteiger partial charge >= 0.3 is 0 Å². The van der Waals surface area contributed by atoms with Crippen molar-refractivity contribution >= 4 is 11.8 Å². The molecule has 0 aromatic heterocycles. The lowest BCUT2D eigenvalue weighted by Crippen LogP contribution is -2.40. The highest BCUT2D eigenvalue weighted by Crippen LogP contribution is 2.52. The molecule has 0 N–H and O–H groups in total. The van der Waals surface area contributed by atoms with E-state index in [1.54, 1.807) is 0 Å². The number of ether oxygens (including phenoxy) is 2. The van der Waals surface area contributed by atoms with Crippen molar-refractivity contribution in [2.24, 2.45) is 23.7 Å². The van der Waals surface area contributed by atoms with Gasteiger partial charge in [-0.25, -0.2) is 0 Å². The van der Waals surface area contributed by atoms with E-state index in [0.29, 0.717) is 0 Å². The molecule has 3 rings (SSSR count). The summed E-state index contributed by atoms with van der Waals surface area (Å²) in [4.78, 5) is 25.9. The smallest absolute Gasteiger partial charge is 0.233 e. The lowest BCUT2D eigenvalue weighted by Gasteiger charge is -2.21. The number of likely N-dealkylation sites (tertiary alicyclic amines) is 1. The van der Waals surface area contributed by atoms with Crippen LogP contribution in [0.5, 0.6) is 0 Å². The first-order valence-electron chi connectivity index (χ1n) is 6.26. The molecule has 3 aliphatic rings. The Labute approximate surface area is 106 Å². The van der Waals surface area contributed by atoms with E-state index in [9.17, 15) is 9.59 Å². The minimum atomic E-state index is -0.540. The van der Waals surface area contributed by atoms with E-state index in [2.05, 4.69) is 12.2 Å². The van der Waals surface area contributed by atoms with Gasteiger partial charge in [0.2, 0.25) is 11.8 Å². The summed E-state index contributed by atoms with van der Waals surface area (Å²) in [6.45, 7) is 0.192. The second kappa shape index (κ2) is 4.17. The molecule has 18 heavy (non-hydrogen) atoms. The Balaban J connectivity index is 1.79. The first-order valence-corrected chi connectivity index (χ1v) is 6.26. The van der Waals surface area contributed by atoms with Crippen LogP contribution >= 0.6 is 0 Å². The highest BCUT2D eigenvalue weighted by Gasteiger charge is 2.59. The van der Waals surface area contributed by atoms with Crippen LogP contribution in [-0.2, 0) is 19.1 Å². The average molecular weight is 251 g/mol. The van der Waals surface area contributed by atoms with Gasteiger partial charge in [-0.15, -0.1) is 0 Å². The maximum absolute atomic E-state index is 12.3. The van der Waals surface area contributed by atoms with E-state index < -0.39 is 6.29 Å². The maximum atomic E-state index is 12.3. The highest BCUT2D eigenvalue weighted by atomic mass is 16.7. The monoisotopic (exact) mass is 251 g/mol. The molecule has 1 heterocycles. The number of nitrogens with zero attached hydrogens (tertiary/aromatic N) is 1. The third kappa shape index (κ3) is 1.47. The second-order valence-corrected chi connectivity index (χ2v) is 5.19. The normalized spacial score (nSPS) is 37.2. The number of carbonyl (C=O) groups excluding carboxylic acids is 2. The summed E-state index contributed by atoms with van der Waals surface area (Å²) in [5.41, 5.74) is 0. The molecular formula is C13H17NO4. The van der Waals surface area contributed by atoms with Crippen molar-refractivity contribution in [2.75, 3.05) is 20.8 Å². The number of imide groups is 1. The Bertz CT molecular complexity index is 385. The first-order chi connectivity index (χ1) is 8.67. The molecule has 0 unspecified atom stereocenters. The van der Waals surface area contributed by atoms with Gasteiger partial charge in [0.1, 0.15) is 0 Å². The molecule has 2 aliphatic carbocycles. The first kappa shape index (κ1) is 11.9. The zero-order chi connectivity index (χ0) is 12.9. The van der Waals surface area contributed by atoms with Gasteiger partial charge in [-0.05, 0) is 18.3 Å². The summed E-state index contributed by atoms with van der Waals surface area (Å²) in [5, 5.41) is 0. The molecule has 1 aliphatic heterocycles. The van der Waals surface area contributed by atoms with E-state index in [1.807, 2.05) is 0 Å². The topological polar surface area (TPSA) is 55.8 Å². The van der Waals surface area contributed by atoms with Gasteiger partial charge in [-0.1, -0.05) is 12.2 Å². The van der Waals surface area contributed by atoms with Crippen molar-refractivity contribution in [3.05, 3.63) is 12.2 Å². The predicted octanol–water partition coefficient (Wildman–Crippen LogP) is 0.412. The van der Waals surface area contributed by atoms with Crippen LogP contribution in [0.2, 0.25) is 0 Å². The Morgan fingerprint density at radius 1 is 1.17 bits per heavy atom. The summed E-state index contributed by atoms with van der Waals surface area (Å²) in [7, 11) is 3.01. The largest absolute Gasteiger partial charge is 0.354 e. The fraction of sp³-hybridized carbons (Fsp3) is 0.692. The van der Waals surface area contributed by atoms with Crippen molar-refractivity contribution in [3.63, 3.8) is 0 Å². The zero-order valence-electron chi connectivity index (χ0n) is 10.5. The van der Waals surface area contributed by atoms with Crippen LogP contribution in [0.4, 0.5) is 0 Å². The van der Waals surface area contributed by atoms with Gasteiger partial charge in [0.05, 0.1) is 18.4 Å². The van der Waals surface area contributed by atoms with Crippen molar-refractivity contribution in [2.45, 2.75) is 12.7 Å².